The first-order valence-corrected chi connectivity index (χ1v) is 16.8. The van der Waals surface area contributed by atoms with Crippen molar-refractivity contribution in [1.29, 1.82) is 0 Å². The van der Waals surface area contributed by atoms with E-state index in [9.17, 15) is 13.2 Å². The van der Waals surface area contributed by atoms with Crippen molar-refractivity contribution in [3.63, 3.8) is 0 Å². The Bertz CT molecular complexity index is 1400. The third kappa shape index (κ3) is 12.2. The summed E-state index contributed by atoms with van der Waals surface area (Å²) in [6.45, 7) is 4.72. The van der Waals surface area contributed by atoms with E-state index in [2.05, 4.69) is 5.32 Å². The van der Waals surface area contributed by atoms with Crippen LogP contribution in [0.15, 0.2) is 78.9 Å². The van der Waals surface area contributed by atoms with Gasteiger partial charge in [-0.15, -0.1) is 0 Å². The second-order valence-electron chi connectivity index (χ2n) is 11.2. The number of esters is 1. The smallest absolute Gasteiger partial charge is 0.347 e. The molecule has 0 aliphatic rings. The Morgan fingerprint density at radius 1 is 0.818 bits per heavy atom. The third-order valence-electron chi connectivity index (χ3n) is 7.15. The van der Waals surface area contributed by atoms with Gasteiger partial charge in [0.1, 0.15) is 33.2 Å². The van der Waals surface area contributed by atoms with Gasteiger partial charge in [0, 0.05) is 31.6 Å². The quantitative estimate of drug-likeness (QED) is 0.184. The molecule has 3 aromatic carbocycles. The normalized spacial score (nSPS) is 13.6. The number of sulfone groups is 1. The molecular weight excluding hydrogens is 580 g/mol. The van der Waals surface area contributed by atoms with Gasteiger partial charge in [0.05, 0.1) is 25.7 Å². The molecule has 0 spiro atoms. The van der Waals surface area contributed by atoms with Crippen molar-refractivity contribution in [1.82, 2.24) is 5.32 Å². The zero-order valence-corrected chi connectivity index (χ0v) is 26.9. The number of carbonyl (C=O) groups excluding carboxylic acids is 1. The van der Waals surface area contributed by atoms with E-state index in [1.54, 1.807) is 31.4 Å². The van der Waals surface area contributed by atoms with E-state index in [0.717, 1.165) is 16.9 Å². The Balaban J connectivity index is 1.78. The molecule has 10 heteroatoms. The number of hydrogen-bond donors (Lipinski definition) is 2. The predicted octanol–water partition coefficient (Wildman–Crippen LogP) is 4.57. The lowest BCUT2D eigenvalue weighted by Gasteiger charge is -2.27. The van der Waals surface area contributed by atoms with Crippen LogP contribution in [0.25, 0.3) is 0 Å². The number of nitrogens with one attached hydrogen (secondary N) is 1. The van der Waals surface area contributed by atoms with Crippen LogP contribution in [0.4, 0.5) is 0 Å². The first-order chi connectivity index (χ1) is 21.1. The molecule has 3 rings (SSSR count). The molecule has 44 heavy (non-hydrogen) atoms. The molecule has 0 radical (unpaired) electrons. The van der Waals surface area contributed by atoms with Gasteiger partial charge in [-0.1, -0.05) is 62.4 Å². The van der Waals surface area contributed by atoms with Crippen molar-refractivity contribution in [3.05, 3.63) is 90.0 Å². The van der Waals surface area contributed by atoms with Gasteiger partial charge >= 0.3 is 5.97 Å². The summed E-state index contributed by atoms with van der Waals surface area (Å²) in [6.07, 6.45) is -0.925. The van der Waals surface area contributed by atoms with Crippen LogP contribution < -0.4 is 25.3 Å². The fourth-order valence-corrected chi connectivity index (χ4v) is 6.14. The fourth-order valence-electron chi connectivity index (χ4n) is 4.53. The molecule has 0 bridgehead atoms. The van der Waals surface area contributed by atoms with Gasteiger partial charge < -0.3 is 30.0 Å². The Hall–Kier alpha value is -3.60. The first-order valence-electron chi connectivity index (χ1n) is 14.9. The highest BCUT2D eigenvalue weighted by atomic mass is 32.2. The SMILES string of the molecule is COc1cccc(CNCC(OC(=O)[C@H](CCS(=O)(=O)CCC(C)C)Oc2cccc(OC)c2)C(N)Cc2ccccc2)c1. The third-order valence-corrected chi connectivity index (χ3v) is 8.86. The molecule has 0 aliphatic carbocycles. The molecule has 0 heterocycles. The lowest BCUT2D eigenvalue weighted by atomic mass is 10.0. The van der Waals surface area contributed by atoms with Gasteiger partial charge in [-0.25, -0.2) is 13.2 Å². The minimum atomic E-state index is -3.41. The lowest BCUT2D eigenvalue weighted by Crippen LogP contribution is -2.48. The molecule has 0 aromatic heterocycles. The zero-order chi connectivity index (χ0) is 32.0. The van der Waals surface area contributed by atoms with Crippen molar-refractivity contribution in [2.75, 3.05) is 32.3 Å². The Kier molecular flexibility index (Phi) is 14.0. The van der Waals surface area contributed by atoms with Crippen LogP contribution in [-0.2, 0) is 32.3 Å². The first kappa shape index (κ1) is 34.9. The van der Waals surface area contributed by atoms with E-state index < -0.39 is 34.1 Å². The van der Waals surface area contributed by atoms with Crippen LogP contribution in [0.2, 0.25) is 0 Å². The maximum Gasteiger partial charge on any atom is 0.347 e. The fraction of sp³-hybridized carbons (Fsp3) is 0.441. The predicted molar refractivity (Wildman–Crippen MR) is 173 cm³/mol. The largest absolute Gasteiger partial charge is 0.497 e. The molecule has 9 nitrogen and oxygen atoms in total. The summed E-state index contributed by atoms with van der Waals surface area (Å²) < 4.78 is 48.3. The van der Waals surface area contributed by atoms with E-state index in [1.165, 1.54) is 7.11 Å². The van der Waals surface area contributed by atoms with Crippen molar-refractivity contribution in [3.8, 4) is 17.2 Å². The average molecular weight is 627 g/mol. The molecule has 0 fully saturated rings. The number of nitrogens with two attached hydrogens (primary N) is 1. The van der Waals surface area contributed by atoms with Crippen LogP contribution >= 0.6 is 0 Å². The Morgan fingerprint density at radius 2 is 1.43 bits per heavy atom. The number of carbonyl (C=O) groups is 1. The summed E-state index contributed by atoms with van der Waals surface area (Å²) in [7, 11) is -0.260. The van der Waals surface area contributed by atoms with E-state index >= 15 is 0 Å². The zero-order valence-electron chi connectivity index (χ0n) is 26.1. The molecular formula is C34H46N2O7S. The maximum absolute atomic E-state index is 13.7. The van der Waals surface area contributed by atoms with Crippen LogP contribution in [-0.4, -0.2) is 64.9 Å². The van der Waals surface area contributed by atoms with Crippen LogP contribution in [0.5, 0.6) is 17.2 Å². The molecule has 0 saturated carbocycles. The van der Waals surface area contributed by atoms with Crippen molar-refractivity contribution in [2.45, 2.75) is 57.9 Å². The lowest BCUT2D eigenvalue weighted by molar-refractivity contribution is -0.158. The van der Waals surface area contributed by atoms with Gasteiger partial charge in [0.25, 0.3) is 0 Å². The molecule has 3 N–H and O–H groups in total. The molecule has 2 unspecified atom stereocenters. The molecule has 3 aromatic rings. The minimum absolute atomic E-state index is 0.0460. The summed E-state index contributed by atoms with van der Waals surface area (Å²) in [5.41, 5.74) is 8.64. The van der Waals surface area contributed by atoms with Gasteiger partial charge in [0.15, 0.2) is 6.10 Å². The average Bonchev–Trinajstić information content (AvgIpc) is 3.02. The van der Waals surface area contributed by atoms with Crippen molar-refractivity contribution >= 4 is 15.8 Å². The molecule has 3 atom stereocenters. The van der Waals surface area contributed by atoms with E-state index in [4.69, 9.17) is 24.7 Å². The highest BCUT2D eigenvalue weighted by molar-refractivity contribution is 7.91. The summed E-state index contributed by atoms with van der Waals surface area (Å²) in [5.74, 6) is 1.06. The topological polar surface area (TPSA) is 126 Å². The van der Waals surface area contributed by atoms with Crippen LogP contribution in [0.3, 0.4) is 0 Å². The van der Waals surface area contributed by atoms with Gasteiger partial charge in [0.2, 0.25) is 0 Å². The highest BCUT2D eigenvalue weighted by Gasteiger charge is 2.30. The number of methoxy groups -OCH3 is 2. The molecule has 0 amide bonds. The van der Waals surface area contributed by atoms with E-state index in [0.29, 0.717) is 30.9 Å². The van der Waals surface area contributed by atoms with Crippen LogP contribution in [0, 0.1) is 5.92 Å². The Labute approximate surface area is 262 Å². The van der Waals surface area contributed by atoms with Crippen molar-refractivity contribution < 1.29 is 32.2 Å². The number of hydrogen-bond acceptors (Lipinski definition) is 9. The summed E-state index contributed by atoms with van der Waals surface area (Å²) in [6, 6.07) is 23.7. The van der Waals surface area contributed by atoms with Crippen LogP contribution in [0.1, 0.15) is 37.8 Å². The molecule has 0 saturated heterocycles. The highest BCUT2D eigenvalue weighted by Crippen LogP contribution is 2.22. The Morgan fingerprint density at radius 3 is 2.11 bits per heavy atom. The standard InChI is InChI=1S/C34H46N2O7S/c1-25(2)16-18-44(38,39)19-17-32(42-30-15-9-14-29(22-30)41-4)34(37)43-33(31(35)21-26-10-6-5-7-11-26)24-36-23-27-12-8-13-28(20-27)40-3/h5-15,20,22,25,31-33,36H,16-19,21,23-24,35H2,1-4H3/t31?,32-,33?/m0/s1. The summed E-state index contributed by atoms with van der Waals surface area (Å²) >= 11 is 0. The second-order valence-corrected chi connectivity index (χ2v) is 13.5. The van der Waals surface area contributed by atoms with Crippen molar-refractivity contribution in [2.24, 2.45) is 11.7 Å². The monoisotopic (exact) mass is 626 g/mol. The van der Waals surface area contributed by atoms with E-state index in [-0.39, 0.29) is 30.4 Å². The second kappa shape index (κ2) is 17.6. The van der Waals surface area contributed by atoms with Gasteiger partial charge in [-0.05, 0) is 54.2 Å². The molecule has 0 aliphatic heterocycles. The summed E-state index contributed by atoms with van der Waals surface area (Å²) in [4.78, 5) is 13.7. The minimum Gasteiger partial charge on any atom is -0.497 e. The number of rotatable bonds is 19. The number of benzene rings is 3. The maximum atomic E-state index is 13.7. The molecule has 240 valence electrons. The number of ether oxygens (including phenoxy) is 4. The van der Waals surface area contributed by atoms with Gasteiger partial charge in [-0.3, -0.25) is 0 Å². The van der Waals surface area contributed by atoms with E-state index in [1.807, 2.05) is 68.4 Å². The summed E-state index contributed by atoms with van der Waals surface area (Å²) in [5, 5.41) is 3.35. The van der Waals surface area contributed by atoms with Gasteiger partial charge in [-0.2, -0.15) is 0 Å².